The van der Waals surface area contributed by atoms with Gasteiger partial charge in [-0.25, -0.2) is 0 Å². The summed E-state index contributed by atoms with van der Waals surface area (Å²) >= 11 is 0. The van der Waals surface area contributed by atoms with Crippen LogP contribution in [0.4, 0.5) is 5.69 Å². The van der Waals surface area contributed by atoms with Crippen LogP contribution in [0, 0.1) is 5.92 Å². The van der Waals surface area contributed by atoms with Crippen LogP contribution in [-0.4, -0.2) is 29.9 Å². The van der Waals surface area contributed by atoms with Crippen LogP contribution in [0.2, 0.25) is 0 Å². The lowest BCUT2D eigenvalue weighted by molar-refractivity contribution is -0.126. The highest BCUT2D eigenvalue weighted by molar-refractivity contribution is 6.05. The zero-order valence-corrected chi connectivity index (χ0v) is 15.5. The van der Waals surface area contributed by atoms with E-state index in [1.165, 1.54) is 18.4 Å². The van der Waals surface area contributed by atoms with Gasteiger partial charge in [-0.1, -0.05) is 29.8 Å². The van der Waals surface area contributed by atoms with Gasteiger partial charge >= 0.3 is 0 Å². The van der Waals surface area contributed by atoms with Crippen molar-refractivity contribution >= 4 is 28.4 Å². The number of carbonyl (C=O) groups is 2. The molecule has 1 N–H and O–H groups in total. The van der Waals surface area contributed by atoms with Gasteiger partial charge in [-0.2, -0.15) is 0 Å². The summed E-state index contributed by atoms with van der Waals surface area (Å²) in [4.78, 5) is 31.3. The molecule has 4 rings (SSSR count). The topological polar surface area (TPSA) is 62.3 Å². The Morgan fingerprint density at radius 3 is 2.96 bits per heavy atom. The molecule has 1 atom stereocenters. The standard InChI is InChI=1S/C22H25N3O2/c26-20-14-18(22(27)24-13-11-16-6-2-1-3-7-16)15-25(20)19-10-4-8-17-9-5-12-23-21(17)19/h4-6,8-10,12,18H,1-3,7,11,13-15H2,(H,24,27). The van der Waals surface area contributed by atoms with Gasteiger partial charge in [-0.15, -0.1) is 0 Å². The average Bonchev–Trinajstić information content (AvgIpc) is 3.10. The highest BCUT2D eigenvalue weighted by Crippen LogP contribution is 2.30. The molecule has 1 unspecified atom stereocenters. The number of anilines is 1. The Hall–Kier alpha value is -2.69. The van der Waals surface area contributed by atoms with Crippen LogP contribution in [0.5, 0.6) is 0 Å². The first-order valence-corrected chi connectivity index (χ1v) is 9.82. The molecular formula is C22H25N3O2. The smallest absolute Gasteiger partial charge is 0.227 e. The first-order valence-electron chi connectivity index (χ1n) is 9.82. The number of allylic oxidation sites excluding steroid dienone is 1. The molecule has 2 heterocycles. The Kier molecular flexibility index (Phi) is 5.19. The van der Waals surface area contributed by atoms with Crippen LogP contribution < -0.4 is 10.2 Å². The van der Waals surface area contributed by atoms with E-state index in [0.717, 1.165) is 35.9 Å². The number of carbonyl (C=O) groups excluding carboxylic acids is 2. The lowest BCUT2D eigenvalue weighted by Crippen LogP contribution is -2.33. The predicted octanol–water partition coefficient (Wildman–Crippen LogP) is 3.59. The maximum absolute atomic E-state index is 12.6. The van der Waals surface area contributed by atoms with Crippen molar-refractivity contribution < 1.29 is 9.59 Å². The molecule has 1 aliphatic carbocycles. The molecule has 0 spiro atoms. The van der Waals surface area contributed by atoms with Crippen molar-refractivity contribution in [2.24, 2.45) is 5.92 Å². The molecule has 5 nitrogen and oxygen atoms in total. The first kappa shape index (κ1) is 17.7. The second-order valence-electron chi connectivity index (χ2n) is 7.41. The summed E-state index contributed by atoms with van der Waals surface area (Å²) in [5.74, 6) is -0.324. The number of fused-ring (bicyclic) bond motifs is 1. The highest BCUT2D eigenvalue weighted by Gasteiger charge is 2.35. The molecule has 0 saturated carbocycles. The largest absolute Gasteiger partial charge is 0.355 e. The van der Waals surface area contributed by atoms with Crippen molar-refractivity contribution in [3.05, 3.63) is 48.2 Å². The summed E-state index contributed by atoms with van der Waals surface area (Å²) in [6, 6.07) is 9.68. The number of amides is 2. The number of nitrogens with one attached hydrogen (secondary N) is 1. The van der Waals surface area contributed by atoms with Gasteiger partial charge in [0.2, 0.25) is 11.8 Å². The van der Waals surface area contributed by atoms with Gasteiger partial charge in [-0.3, -0.25) is 14.6 Å². The summed E-state index contributed by atoms with van der Waals surface area (Å²) in [6.07, 6.45) is 10.1. The third-order valence-corrected chi connectivity index (χ3v) is 5.53. The van der Waals surface area contributed by atoms with Crippen molar-refractivity contribution in [1.29, 1.82) is 0 Å². The molecule has 2 aromatic rings. The monoisotopic (exact) mass is 363 g/mol. The Morgan fingerprint density at radius 1 is 1.22 bits per heavy atom. The molecular weight excluding hydrogens is 338 g/mol. The van der Waals surface area contributed by atoms with E-state index in [0.29, 0.717) is 13.1 Å². The third kappa shape index (κ3) is 3.87. The number of rotatable bonds is 5. The molecule has 1 aromatic heterocycles. The molecule has 1 aromatic carbocycles. The fourth-order valence-electron chi connectivity index (χ4n) is 4.04. The quantitative estimate of drug-likeness (QED) is 0.826. The molecule has 1 aliphatic heterocycles. The second-order valence-corrected chi connectivity index (χ2v) is 7.41. The Balaban J connectivity index is 1.39. The Morgan fingerprint density at radius 2 is 2.11 bits per heavy atom. The molecule has 1 fully saturated rings. The molecule has 140 valence electrons. The second kappa shape index (κ2) is 7.91. The lowest BCUT2D eigenvalue weighted by Gasteiger charge is -2.18. The number of benzene rings is 1. The van der Waals surface area contributed by atoms with Gasteiger partial charge in [0.05, 0.1) is 17.1 Å². The van der Waals surface area contributed by atoms with Crippen molar-refractivity contribution in [2.75, 3.05) is 18.0 Å². The minimum Gasteiger partial charge on any atom is -0.355 e. The summed E-state index contributed by atoms with van der Waals surface area (Å²) in [5.41, 5.74) is 3.05. The van der Waals surface area contributed by atoms with Crippen LogP contribution in [0.15, 0.2) is 48.2 Å². The van der Waals surface area contributed by atoms with Crippen LogP contribution in [0.1, 0.15) is 38.5 Å². The predicted molar refractivity (Wildman–Crippen MR) is 106 cm³/mol. The molecule has 2 amide bonds. The number of aromatic nitrogens is 1. The van der Waals surface area contributed by atoms with Crippen molar-refractivity contribution in [3.8, 4) is 0 Å². The SMILES string of the molecule is O=C(NCCC1=CCCCC1)C1CC(=O)N(c2cccc3cccnc23)C1. The Bertz CT molecular complexity index is 885. The van der Waals surface area contributed by atoms with E-state index in [2.05, 4.69) is 16.4 Å². The molecule has 1 saturated heterocycles. The minimum atomic E-state index is -0.295. The Labute approximate surface area is 159 Å². The number of hydrogen-bond donors (Lipinski definition) is 1. The van der Waals surface area contributed by atoms with Gasteiger partial charge in [0.1, 0.15) is 0 Å². The summed E-state index contributed by atoms with van der Waals surface area (Å²) in [7, 11) is 0. The van der Waals surface area contributed by atoms with Gasteiger partial charge in [-0.05, 0) is 44.2 Å². The van der Waals surface area contributed by atoms with Gasteiger partial charge in [0.15, 0.2) is 0 Å². The maximum atomic E-state index is 12.6. The van der Waals surface area contributed by atoms with E-state index >= 15 is 0 Å². The molecule has 0 bridgehead atoms. The number of hydrogen-bond acceptors (Lipinski definition) is 3. The summed E-state index contributed by atoms with van der Waals surface area (Å²) < 4.78 is 0. The average molecular weight is 363 g/mol. The fourth-order valence-corrected chi connectivity index (χ4v) is 4.04. The zero-order valence-electron chi connectivity index (χ0n) is 15.5. The normalized spacial score (nSPS) is 20.0. The van der Waals surface area contributed by atoms with Gasteiger partial charge < -0.3 is 10.2 Å². The maximum Gasteiger partial charge on any atom is 0.227 e. The van der Waals surface area contributed by atoms with Crippen molar-refractivity contribution in [1.82, 2.24) is 10.3 Å². The van der Waals surface area contributed by atoms with E-state index in [1.54, 1.807) is 11.1 Å². The summed E-state index contributed by atoms with van der Waals surface area (Å²) in [5, 5.41) is 4.02. The van der Waals surface area contributed by atoms with Crippen LogP contribution in [-0.2, 0) is 9.59 Å². The molecule has 5 heteroatoms. The van der Waals surface area contributed by atoms with Crippen LogP contribution >= 0.6 is 0 Å². The van der Waals surface area contributed by atoms with E-state index in [-0.39, 0.29) is 24.2 Å². The summed E-state index contributed by atoms with van der Waals surface area (Å²) in [6.45, 7) is 1.08. The third-order valence-electron chi connectivity index (χ3n) is 5.53. The van der Waals surface area contributed by atoms with Crippen molar-refractivity contribution in [3.63, 3.8) is 0 Å². The van der Waals surface area contributed by atoms with Crippen molar-refractivity contribution in [2.45, 2.75) is 38.5 Å². The van der Waals surface area contributed by atoms with Crippen LogP contribution in [0.3, 0.4) is 0 Å². The molecule has 27 heavy (non-hydrogen) atoms. The van der Waals surface area contributed by atoms with E-state index in [4.69, 9.17) is 0 Å². The number of pyridine rings is 1. The minimum absolute atomic E-state index is 0.0108. The number of nitrogens with zero attached hydrogens (tertiary/aromatic N) is 2. The van der Waals surface area contributed by atoms with E-state index < -0.39 is 0 Å². The number of para-hydroxylation sites is 1. The van der Waals surface area contributed by atoms with Gasteiger partial charge in [0, 0.05) is 31.1 Å². The first-order chi connectivity index (χ1) is 13.2. The van der Waals surface area contributed by atoms with E-state index in [9.17, 15) is 9.59 Å². The molecule has 0 radical (unpaired) electrons. The molecule has 2 aliphatic rings. The van der Waals surface area contributed by atoms with Crippen LogP contribution in [0.25, 0.3) is 10.9 Å². The lowest BCUT2D eigenvalue weighted by atomic mass is 9.97. The van der Waals surface area contributed by atoms with Gasteiger partial charge in [0.25, 0.3) is 0 Å². The zero-order chi connectivity index (χ0) is 18.6. The van der Waals surface area contributed by atoms with E-state index in [1.807, 2.05) is 30.3 Å². The fraction of sp³-hybridized carbons (Fsp3) is 0.409. The highest BCUT2D eigenvalue weighted by atomic mass is 16.2.